The molecule has 2 heterocycles. The highest BCUT2D eigenvalue weighted by atomic mass is 16.7. The third kappa shape index (κ3) is 3.52. The zero-order valence-corrected chi connectivity index (χ0v) is 11.7. The van der Waals surface area contributed by atoms with E-state index in [-0.39, 0.29) is 6.29 Å². The van der Waals surface area contributed by atoms with Crippen LogP contribution in [0, 0.1) is 0 Å². The van der Waals surface area contributed by atoms with Gasteiger partial charge >= 0.3 is 0 Å². The van der Waals surface area contributed by atoms with E-state index in [1.54, 1.807) is 23.0 Å². The largest absolute Gasteiger partial charge is 0.384 e. The molecule has 7 heteroatoms. The maximum absolute atomic E-state index is 5.96. The van der Waals surface area contributed by atoms with Gasteiger partial charge in [0.1, 0.15) is 17.2 Å². The Morgan fingerprint density at radius 3 is 2.60 bits per heavy atom. The van der Waals surface area contributed by atoms with Gasteiger partial charge in [0.2, 0.25) is 0 Å². The van der Waals surface area contributed by atoms with Crippen molar-refractivity contribution in [3.63, 3.8) is 0 Å². The third-order valence-electron chi connectivity index (χ3n) is 2.67. The Morgan fingerprint density at radius 2 is 2.00 bits per heavy atom. The number of ether oxygens (including phenoxy) is 2. The van der Waals surface area contributed by atoms with Gasteiger partial charge in [0, 0.05) is 25.5 Å². The number of nitrogens with zero attached hydrogens (tertiary/aromatic N) is 4. The van der Waals surface area contributed by atoms with Gasteiger partial charge in [0.05, 0.1) is 6.54 Å². The van der Waals surface area contributed by atoms with Crippen LogP contribution in [-0.4, -0.2) is 39.5 Å². The summed E-state index contributed by atoms with van der Waals surface area (Å²) < 4.78 is 12.6. The Bertz CT molecular complexity index is 523. The van der Waals surface area contributed by atoms with Gasteiger partial charge in [-0.25, -0.2) is 4.68 Å². The smallest absolute Gasteiger partial charge is 0.177 e. The first-order valence-corrected chi connectivity index (χ1v) is 6.59. The fourth-order valence-electron chi connectivity index (χ4n) is 1.81. The maximum atomic E-state index is 5.96. The normalized spacial score (nSPS) is 11.2. The van der Waals surface area contributed by atoms with Crippen LogP contribution in [-0.2, 0) is 16.0 Å². The number of rotatable bonds is 7. The van der Waals surface area contributed by atoms with E-state index >= 15 is 0 Å². The van der Waals surface area contributed by atoms with Crippen LogP contribution in [0.3, 0.4) is 0 Å². The van der Waals surface area contributed by atoms with Crippen LogP contribution in [0.4, 0.5) is 5.82 Å². The van der Waals surface area contributed by atoms with Gasteiger partial charge in [-0.3, -0.25) is 0 Å². The fourth-order valence-corrected chi connectivity index (χ4v) is 1.81. The van der Waals surface area contributed by atoms with Crippen LogP contribution in [0.5, 0.6) is 0 Å². The lowest BCUT2D eigenvalue weighted by atomic mass is 10.3. The van der Waals surface area contributed by atoms with Crippen LogP contribution >= 0.6 is 0 Å². The minimum absolute atomic E-state index is 0.359. The summed E-state index contributed by atoms with van der Waals surface area (Å²) in [6.07, 6.45) is 1.26. The quantitative estimate of drug-likeness (QED) is 0.768. The summed E-state index contributed by atoms with van der Waals surface area (Å²) in [6.45, 7) is 5.42. The summed E-state index contributed by atoms with van der Waals surface area (Å²) in [7, 11) is 0. The first kappa shape index (κ1) is 14.4. The highest BCUT2D eigenvalue weighted by molar-refractivity contribution is 5.57. The standard InChI is InChI=1S/C13H19N5O2/c1-3-19-13(20-4-2)9-18-12(14)8-11(17-18)10-6-5-7-15-16-10/h5-8,13H,3-4,9,14H2,1-2H3. The van der Waals surface area contributed by atoms with Crippen LogP contribution < -0.4 is 5.73 Å². The van der Waals surface area contributed by atoms with Gasteiger partial charge in [-0.05, 0) is 26.0 Å². The highest BCUT2D eigenvalue weighted by Gasteiger charge is 2.14. The number of nitrogens with two attached hydrogens (primary N) is 1. The van der Waals surface area contributed by atoms with Crippen molar-refractivity contribution in [1.82, 2.24) is 20.0 Å². The predicted molar refractivity (Wildman–Crippen MR) is 74.7 cm³/mol. The van der Waals surface area contributed by atoms with E-state index in [2.05, 4.69) is 15.3 Å². The average Bonchev–Trinajstić information content (AvgIpc) is 2.82. The summed E-state index contributed by atoms with van der Waals surface area (Å²) in [5.41, 5.74) is 7.33. The summed E-state index contributed by atoms with van der Waals surface area (Å²) in [5, 5.41) is 12.3. The first-order valence-electron chi connectivity index (χ1n) is 6.59. The average molecular weight is 277 g/mol. The van der Waals surface area contributed by atoms with E-state index in [1.165, 1.54) is 0 Å². The Balaban J connectivity index is 2.15. The Labute approximate surface area is 117 Å². The molecule has 0 amide bonds. The molecule has 0 spiro atoms. The van der Waals surface area contributed by atoms with Crippen molar-refractivity contribution in [2.75, 3.05) is 18.9 Å². The molecule has 0 aliphatic carbocycles. The van der Waals surface area contributed by atoms with E-state index in [4.69, 9.17) is 15.2 Å². The highest BCUT2D eigenvalue weighted by Crippen LogP contribution is 2.18. The van der Waals surface area contributed by atoms with Crippen molar-refractivity contribution in [3.8, 4) is 11.4 Å². The lowest BCUT2D eigenvalue weighted by Gasteiger charge is -2.17. The molecular formula is C13H19N5O2. The lowest BCUT2D eigenvalue weighted by molar-refractivity contribution is -0.144. The van der Waals surface area contributed by atoms with Crippen molar-refractivity contribution in [1.29, 1.82) is 0 Å². The number of hydrogen-bond donors (Lipinski definition) is 1. The molecule has 2 aromatic heterocycles. The Kier molecular flexibility index (Phi) is 5.03. The molecular weight excluding hydrogens is 258 g/mol. The molecule has 0 bridgehead atoms. The summed E-state index contributed by atoms with van der Waals surface area (Å²) >= 11 is 0. The first-order chi connectivity index (χ1) is 9.74. The van der Waals surface area contributed by atoms with Crippen molar-refractivity contribution in [2.45, 2.75) is 26.7 Å². The van der Waals surface area contributed by atoms with Crippen LogP contribution in [0.1, 0.15) is 13.8 Å². The molecule has 0 atom stereocenters. The minimum atomic E-state index is -0.359. The van der Waals surface area contributed by atoms with Crippen molar-refractivity contribution < 1.29 is 9.47 Å². The molecule has 0 aliphatic heterocycles. The molecule has 2 N–H and O–H groups in total. The predicted octanol–water partition coefficient (Wildman–Crippen LogP) is 1.32. The summed E-state index contributed by atoms with van der Waals surface area (Å²) in [6, 6.07) is 5.40. The molecule has 0 saturated heterocycles. The summed E-state index contributed by atoms with van der Waals surface area (Å²) in [5.74, 6) is 0.537. The van der Waals surface area contributed by atoms with E-state index in [9.17, 15) is 0 Å². The van der Waals surface area contributed by atoms with Gasteiger partial charge < -0.3 is 15.2 Å². The Hall–Kier alpha value is -1.99. The number of anilines is 1. The molecule has 0 aromatic carbocycles. The Morgan fingerprint density at radius 1 is 1.25 bits per heavy atom. The zero-order valence-electron chi connectivity index (χ0n) is 11.7. The molecule has 0 aliphatic rings. The molecule has 0 unspecified atom stereocenters. The molecule has 2 aromatic rings. The molecule has 108 valence electrons. The van der Waals surface area contributed by atoms with Gasteiger partial charge in [0.15, 0.2) is 6.29 Å². The number of aromatic nitrogens is 4. The second kappa shape index (κ2) is 6.97. The van der Waals surface area contributed by atoms with Gasteiger partial charge in [-0.15, -0.1) is 5.10 Å². The SMILES string of the molecule is CCOC(Cn1nc(-c2cccnn2)cc1N)OCC. The number of hydrogen-bond acceptors (Lipinski definition) is 6. The molecule has 7 nitrogen and oxygen atoms in total. The van der Waals surface area contributed by atoms with Crippen molar-refractivity contribution in [3.05, 3.63) is 24.4 Å². The zero-order chi connectivity index (χ0) is 14.4. The van der Waals surface area contributed by atoms with E-state index in [0.717, 1.165) is 0 Å². The lowest BCUT2D eigenvalue weighted by Crippen LogP contribution is -2.25. The minimum Gasteiger partial charge on any atom is -0.384 e. The second-order valence-electron chi connectivity index (χ2n) is 4.09. The third-order valence-corrected chi connectivity index (χ3v) is 2.67. The van der Waals surface area contributed by atoms with Crippen LogP contribution in [0.2, 0.25) is 0 Å². The molecule has 0 fully saturated rings. The molecule has 0 radical (unpaired) electrons. The van der Waals surface area contributed by atoms with Gasteiger partial charge in [0.25, 0.3) is 0 Å². The van der Waals surface area contributed by atoms with E-state index in [1.807, 2.05) is 19.9 Å². The molecule has 2 rings (SSSR count). The molecule has 20 heavy (non-hydrogen) atoms. The fraction of sp³-hybridized carbons (Fsp3) is 0.462. The van der Waals surface area contributed by atoms with Crippen LogP contribution in [0.15, 0.2) is 24.4 Å². The second-order valence-corrected chi connectivity index (χ2v) is 4.09. The topological polar surface area (TPSA) is 88.1 Å². The van der Waals surface area contributed by atoms with Crippen molar-refractivity contribution in [2.24, 2.45) is 0 Å². The summed E-state index contributed by atoms with van der Waals surface area (Å²) in [4.78, 5) is 0. The van der Waals surface area contributed by atoms with Gasteiger partial charge in [-0.2, -0.15) is 10.2 Å². The van der Waals surface area contributed by atoms with E-state index in [0.29, 0.717) is 37.0 Å². The monoisotopic (exact) mass is 277 g/mol. The molecule has 0 saturated carbocycles. The number of nitrogen functional groups attached to an aromatic ring is 1. The van der Waals surface area contributed by atoms with Crippen molar-refractivity contribution >= 4 is 5.82 Å². The van der Waals surface area contributed by atoms with E-state index < -0.39 is 0 Å². The van der Waals surface area contributed by atoms with Crippen LogP contribution in [0.25, 0.3) is 11.4 Å². The maximum Gasteiger partial charge on any atom is 0.177 e. The van der Waals surface area contributed by atoms with Gasteiger partial charge in [-0.1, -0.05) is 0 Å².